The molecule has 2 aliphatic rings. The minimum Gasteiger partial charge on any atom is -0.455 e. The van der Waals surface area contributed by atoms with E-state index >= 15 is 0 Å². The highest BCUT2D eigenvalue weighted by Gasteiger charge is 2.45. The van der Waals surface area contributed by atoms with Gasteiger partial charge < -0.3 is 34.8 Å². The Morgan fingerprint density at radius 3 is 2.70 bits per heavy atom. The molecule has 0 amide bonds. The van der Waals surface area contributed by atoms with Gasteiger partial charge in [-0.15, -0.1) is 0 Å². The number of nitrogens with two attached hydrogens (primary N) is 1. The summed E-state index contributed by atoms with van der Waals surface area (Å²) < 4.78 is 23.8. The summed E-state index contributed by atoms with van der Waals surface area (Å²) in [6, 6.07) is 1.67. The number of hydrogen-bond donors (Lipinski definition) is 3. The lowest BCUT2D eigenvalue weighted by molar-refractivity contribution is -0.289. The molecule has 0 saturated carbocycles. The lowest BCUT2D eigenvalue weighted by Gasteiger charge is -2.46. The van der Waals surface area contributed by atoms with Gasteiger partial charge in [0.25, 0.3) is 0 Å². The van der Waals surface area contributed by atoms with Gasteiger partial charge in [0, 0.05) is 29.1 Å². The van der Waals surface area contributed by atoms with Crippen molar-refractivity contribution in [2.45, 2.75) is 82.6 Å². The molecular formula is C18H27BrN2O6. The number of rotatable bonds is 4. The fourth-order valence-corrected chi connectivity index (χ4v) is 4.04. The van der Waals surface area contributed by atoms with Crippen molar-refractivity contribution in [2.75, 3.05) is 0 Å². The van der Waals surface area contributed by atoms with E-state index < -0.39 is 30.2 Å². The molecule has 0 radical (unpaired) electrons. The zero-order valence-corrected chi connectivity index (χ0v) is 17.3. The van der Waals surface area contributed by atoms with Crippen LogP contribution in [-0.4, -0.2) is 58.6 Å². The first kappa shape index (κ1) is 20.8. The van der Waals surface area contributed by atoms with Gasteiger partial charge in [-0.05, 0) is 49.2 Å². The van der Waals surface area contributed by atoms with E-state index in [1.807, 2.05) is 20.8 Å². The normalized spacial score (nSPS) is 39.9. The molecule has 2 fully saturated rings. The summed E-state index contributed by atoms with van der Waals surface area (Å²) in [6.07, 6.45) is 0.348. The zero-order valence-electron chi connectivity index (χ0n) is 15.7. The molecule has 1 aromatic heterocycles. The van der Waals surface area contributed by atoms with Gasteiger partial charge in [-0.2, -0.15) is 0 Å². The molecule has 2 aliphatic heterocycles. The minimum absolute atomic E-state index is 0.288. The Kier molecular flexibility index (Phi) is 6.29. The van der Waals surface area contributed by atoms with Gasteiger partial charge in [0.05, 0.1) is 12.2 Å². The molecule has 0 unspecified atom stereocenters. The van der Waals surface area contributed by atoms with E-state index in [1.54, 1.807) is 12.3 Å². The van der Waals surface area contributed by atoms with Gasteiger partial charge in [-0.25, -0.2) is 4.79 Å². The SMILES string of the molecule is C[C@@H]1O[C@@H](O)C[C@@](C)(N)[C@H]1O[C@H]1CC[C@H](OC(=O)c2cc(Br)c[nH]2)[C@@H](C)O1. The summed E-state index contributed by atoms with van der Waals surface area (Å²) in [5.74, 6) is -0.418. The van der Waals surface area contributed by atoms with Crippen molar-refractivity contribution in [3.63, 3.8) is 0 Å². The molecule has 8 nitrogen and oxygen atoms in total. The van der Waals surface area contributed by atoms with E-state index in [-0.39, 0.29) is 24.7 Å². The van der Waals surface area contributed by atoms with Crippen molar-refractivity contribution in [3.8, 4) is 0 Å². The van der Waals surface area contributed by atoms with Crippen molar-refractivity contribution >= 4 is 21.9 Å². The molecule has 9 heteroatoms. The Labute approximate surface area is 166 Å². The fourth-order valence-electron chi connectivity index (χ4n) is 3.70. The predicted octanol–water partition coefficient (Wildman–Crippen LogP) is 2.06. The molecule has 152 valence electrons. The smallest absolute Gasteiger partial charge is 0.355 e. The molecule has 7 atom stereocenters. The van der Waals surface area contributed by atoms with E-state index in [4.69, 9.17) is 24.7 Å². The van der Waals surface area contributed by atoms with Crippen LogP contribution in [0.1, 0.15) is 50.5 Å². The summed E-state index contributed by atoms with van der Waals surface area (Å²) in [4.78, 5) is 15.1. The molecule has 4 N–H and O–H groups in total. The van der Waals surface area contributed by atoms with Crippen molar-refractivity contribution in [2.24, 2.45) is 5.73 Å². The highest BCUT2D eigenvalue weighted by atomic mass is 79.9. The number of aliphatic hydroxyl groups is 1. The molecule has 2 saturated heterocycles. The van der Waals surface area contributed by atoms with Crippen LogP contribution in [0, 0.1) is 0 Å². The predicted molar refractivity (Wildman–Crippen MR) is 99.9 cm³/mol. The van der Waals surface area contributed by atoms with E-state index in [2.05, 4.69) is 20.9 Å². The minimum atomic E-state index is -0.891. The van der Waals surface area contributed by atoms with E-state index in [0.717, 1.165) is 4.47 Å². The van der Waals surface area contributed by atoms with Gasteiger partial charge in [0.15, 0.2) is 12.6 Å². The van der Waals surface area contributed by atoms with Gasteiger partial charge in [0.2, 0.25) is 0 Å². The number of aliphatic hydroxyl groups excluding tert-OH is 1. The first-order valence-electron chi connectivity index (χ1n) is 9.14. The van der Waals surface area contributed by atoms with Gasteiger partial charge in [0.1, 0.15) is 17.9 Å². The van der Waals surface area contributed by atoms with Crippen molar-refractivity contribution in [1.29, 1.82) is 0 Å². The number of aromatic nitrogens is 1. The summed E-state index contributed by atoms with van der Waals surface area (Å²) >= 11 is 3.29. The van der Waals surface area contributed by atoms with Crippen LogP contribution in [0.25, 0.3) is 0 Å². The Bertz CT molecular complexity index is 666. The van der Waals surface area contributed by atoms with Crippen LogP contribution in [-0.2, 0) is 18.9 Å². The van der Waals surface area contributed by atoms with Crippen molar-refractivity contribution in [1.82, 2.24) is 4.98 Å². The topological polar surface area (TPSA) is 116 Å². The second kappa shape index (κ2) is 8.18. The second-order valence-corrected chi connectivity index (χ2v) is 8.50. The van der Waals surface area contributed by atoms with E-state index in [0.29, 0.717) is 18.5 Å². The first-order chi connectivity index (χ1) is 12.7. The fraction of sp³-hybridized carbons (Fsp3) is 0.722. The van der Waals surface area contributed by atoms with E-state index in [9.17, 15) is 9.90 Å². The first-order valence-corrected chi connectivity index (χ1v) is 9.93. The number of aromatic amines is 1. The van der Waals surface area contributed by atoms with Crippen LogP contribution >= 0.6 is 15.9 Å². The number of ether oxygens (including phenoxy) is 4. The Morgan fingerprint density at radius 2 is 2.11 bits per heavy atom. The number of esters is 1. The Balaban J connectivity index is 1.54. The van der Waals surface area contributed by atoms with Crippen LogP contribution in [0.3, 0.4) is 0 Å². The van der Waals surface area contributed by atoms with Gasteiger partial charge in [-0.1, -0.05) is 0 Å². The molecule has 1 aromatic rings. The summed E-state index contributed by atoms with van der Waals surface area (Å²) in [6.45, 7) is 5.51. The number of H-pyrrole nitrogens is 1. The van der Waals surface area contributed by atoms with Gasteiger partial charge in [-0.3, -0.25) is 0 Å². The molecule has 3 heterocycles. The van der Waals surface area contributed by atoms with Crippen LogP contribution in [0.5, 0.6) is 0 Å². The largest absolute Gasteiger partial charge is 0.455 e. The number of carbonyl (C=O) groups is 1. The summed E-state index contributed by atoms with van der Waals surface area (Å²) in [7, 11) is 0. The highest BCUT2D eigenvalue weighted by molar-refractivity contribution is 9.10. The summed E-state index contributed by atoms with van der Waals surface area (Å²) in [5.41, 5.74) is 5.98. The lowest BCUT2D eigenvalue weighted by Crippen LogP contribution is -2.62. The molecule has 3 rings (SSSR count). The monoisotopic (exact) mass is 446 g/mol. The quantitative estimate of drug-likeness (QED) is 0.605. The van der Waals surface area contributed by atoms with Crippen LogP contribution < -0.4 is 5.73 Å². The average Bonchev–Trinajstić information content (AvgIpc) is 2.99. The van der Waals surface area contributed by atoms with Crippen molar-refractivity contribution in [3.05, 3.63) is 22.4 Å². The highest BCUT2D eigenvalue weighted by Crippen LogP contribution is 2.32. The third-order valence-corrected chi connectivity index (χ3v) is 5.52. The molecule has 0 aromatic carbocycles. The average molecular weight is 447 g/mol. The number of halogens is 1. The lowest BCUT2D eigenvalue weighted by atomic mass is 9.86. The Morgan fingerprint density at radius 1 is 1.37 bits per heavy atom. The maximum absolute atomic E-state index is 12.2. The molecule has 0 bridgehead atoms. The maximum atomic E-state index is 12.2. The second-order valence-electron chi connectivity index (χ2n) is 7.59. The molecule has 0 spiro atoms. The van der Waals surface area contributed by atoms with Crippen LogP contribution in [0.4, 0.5) is 0 Å². The maximum Gasteiger partial charge on any atom is 0.355 e. The Hall–Kier alpha value is -0.970. The van der Waals surface area contributed by atoms with Crippen LogP contribution in [0.2, 0.25) is 0 Å². The molecule has 0 aliphatic carbocycles. The van der Waals surface area contributed by atoms with Crippen molar-refractivity contribution < 1.29 is 28.8 Å². The molecule has 27 heavy (non-hydrogen) atoms. The zero-order chi connectivity index (χ0) is 19.8. The number of carbonyl (C=O) groups excluding carboxylic acids is 1. The molecular weight excluding hydrogens is 420 g/mol. The standard InChI is InChI=1S/C18H27BrN2O6/c1-9-13(26-17(23)12-6-11(19)8-21-12)4-5-15(25-9)27-16-10(2)24-14(22)7-18(16,3)20/h6,8-10,13-16,21-22H,4-5,7,20H2,1-3H3/t9-,10+,13+,14-,15+,16+,18-/m1/s1. The van der Waals surface area contributed by atoms with Crippen LogP contribution in [0.15, 0.2) is 16.7 Å². The van der Waals surface area contributed by atoms with Gasteiger partial charge >= 0.3 is 5.97 Å². The summed E-state index contributed by atoms with van der Waals surface area (Å²) in [5, 5.41) is 9.75. The third kappa shape index (κ3) is 4.90. The number of hydrogen-bond acceptors (Lipinski definition) is 7. The number of nitrogens with one attached hydrogen (secondary N) is 1. The third-order valence-electron chi connectivity index (χ3n) is 5.06. The van der Waals surface area contributed by atoms with E-state index in [1.165, 1.54) is 0 Å².